The standard InChI is InChI=1S/C13H24N2O3/c1-15(10-13(17)5-8-18-9-6-13)11-4-2-3-7-14-12(11)16/h11,17H,2-10H2,1H3,(H,14,16). The van der Waals surface area contributed by atoms with E-state index < -0.39 is 5.60 Å². The smallest absolute Gasteiger partial charge is 0.237 e. The van der Waals surface area contributed by atoms with E-state index in [1.165, 1.54) is 0 Å². The van der Waals surface area contributed by atoms with E-state index in [4.69, 9.17) is 4.74 Å². The molecule has 0 aromatic rings. The van der Waals surface area contributed by atoms with Gasteiger partial charge in [-0.05, 0) is 26.3 Å². The van der Waals surface area contributed by atoms with Gasteiger partial charge in [0.15, 0.2) is 0 Å². The average Bonchev–Trinajstić information content (AvgIpc) is 2.54. The van der Waals surface area contributed by atoms with Crippen molar-refractivity contribution >= 4 is 5.91 Å². The fourth-order valence-corrected chi connectivity index (χ4v) is 2.83. The first-order valence-electron chi connectivity index (χ1n) is 6.89. The first kappa shape index (κ1) is 13.8. The van der Waals surface area contributed by atoms with Crippen molar-refractivity contribution in [2.75, 3.05) is 33.4 Å². The molecule has 2 aliphatic heterocycles. The molecule has 0 radical (unpaired) electrons. The third-order valence-corrected chi connectivity index (χ3v) is 4.01. The molecule has 0 aromatic carbocycles. The monoisotopic (exact) mass is 256 g/mol. The van der Waals surface area contributed by atoms with Crippen molar-refractivity contribution in [1.82, 2.24) is 10.2 Å². The maximum absolute atomic E-state index is 11.9. The zero-order valence-corrected chi connectivity index (χ0v) is 11.2. The van der Waals surface area contributed by atoms with Crippen LogP contribution >= 0.6 is 0 Å². The van der Waals surface area contributed by atoms with Crippen LogP contribution in [-0.2, 0) is 9.53 Å². The van der Waals surface area contributed by atoms with Crippen LogP contribution < -0.4 is 5.32 Å². The maximum Gasteiger partial charge on any atom is 0.237 e. The quantitative estimate of drug-likeness (QED) is 0.753. The first-order chi connectivity index (χ1) is 8.61. The molecule has 2 saturated heterocycles. The second-order valence-electron chi connectivity index (χ2n) is 5.55. The van der Waals surface area contributed by atoms with Crippen LogP contribution in [0.1, 0.15) is 32.1 Å². The maximum atomic E-state index is 11.9. The highest BCUT2D eigenvalue weighted by molar-refractivity contribution is 5.81. The summed E-state index contributed by atoms with van der Waals surface area (Å²) < 4.78 is 5.28. The summed E-state index contributed by atoms with van der Waals surface area (Å²) in [5.41, 5.74) is -0.695. The summed E-state index contributed by atoms with van der Waals surface area (Å²) in [5.74, 6) is 0.102. The summed E-state index contributed by atoms with van der Waals surface area (Å²) >= 11 is 0. The van der Waals surface area contributed by atoms with Gasteiger partial charge in [0, 0.05) is 39.1 Å². The van der Waals surface area contributed by atoms with Crippen molar-refractivity contribution in [3.05, 3.63) is 0 Å². The lowest BCUT2D eigenvalue weighted by atomic mass is 9.93. The molecule has 104 valence electrons. The molecule has 2 aliphatic rings. The lowest BCUT2D eigenvalue weighted by molar-refractivity contribution is -0.128. The second-order valence-corrected chi connectivity index (χ2v) is 5.55. The van der Waals surface area contributed by atoms with Gasteiger partial charge in [-0.25, -0.2) is 0 Å². The van der Waals surface area contributed by atoms with Gasteiger partial charge in [0.1, 0.15) is 0 Å². The van der Waals surface area contributed by atoms with Crippen LogP contribution in [-0.4, -0.2) is 60.9 Å². The van der Waals surface area contributed by atoms with Gasteiger partial charge in [-0.15, -0.1) is 0 Å². The summed E-state index contributed by atoms with van der Waals surface area (Å²) in [5, 5.41) is 13.4. The minimum Gasteiger partial charge on any atom is -0.388 e. The highest BCUT2D eigenvalue weighted by atomic mass is 16.5. The Hall–Kier alpha value is -0.650. The van der Waals surface area contributed by atoms with Crippen molar-refractivity contribution in [3.8, 4) is 0 Å². The predicted molar refractivity (Wildman–Crippen MR) is 68.3 cm³/mol. The van der Waals surface area contributed by atoms with Crippen LogP contribution in [0.4, 0.5) is 0 Å². The fourth-order valence-electron chi connectivity index (χ4n) is 2.83. The van der Waals surface area contributed by atoms with E-state index in [0.29, 0.717) is 32.6 Å². The number of hydrogen-bond acceptors (Lipinski definition) is 4. The molecule has 1 amide bonds. The van der Waals surface area contributed by atoms with E-state index in [9.17, 15) is 9.90 Å². The topological polar surface area (TPSA) is 61.8 Å². The van der Waals surface area contributed by atoms with Gasteiger partial charge in [0.25, 0.3) is 0 Å². The number of carbonyl (C=O) groups excluding carboxylic acids is 1. The molecule has 2 rings (SSSR count). The molecule has 0 saturated carbocycles. The lowest BCUT2D eigenvalue weighted by Gasteiger charge is -2.37. The summed E-state index contributed by atoms with van der Waals surface area (Å²) in [6, 6.07) is -0.0978. The van der Waals surface area contributed by atoms with E-state index >= 15 is 0 Å². The van der Waals surface area contributed by atoms with E-state index in [1.54, 1.807) is 0 Å². The molecule has 0 bridgehead atoms. The molecular formula is C13H24N2O3. The molecule has 1 unspecified atom stereocenters. The second kappa shape index (κ2) is 5.99. The Labute approximate surface area is 108 Å². The Balaban J connectivity index is 1.92. The molecule has 18 heavy (non-hydrogen) atoms. The molecule has 2 fully saturated rings. The third kappa shape index (κ3) is 3.43. The number of aliphatic hydroxyl groups is 1. The van der Waals surface area contributed by atoms with Gasteiger partial charge in [-0.3, -0.25) is 9.69 Å². The average molecular weight is 256 g/mol. The molecular weight excluding hydrogens is 232 g/mol. The van der Waals surface area contributed by atoms with Crippen LogP contribution in [0.3, 0.4) is 0 Å². The van der Waals surface area contributed by atoms with E-state index in [1.807, 2.05) is 11.9 Å². The zero-order chi connectivity index (χ0) is 13.0. The molecule has 0 aromatic heterocycles. The molecule has 5 heteroatoms. The number of amides is 1. The Morgan fingerprint density at radius 3 is 2.89 bits per heavy atom. The van der Waals surface area contributed by atoms with Crippen molar-refractivity contribution in [1.29, 1.82) is 0 Å². The van der Waals surface area contributed by atoms with Crippen LogP contribution in [0, 0.1) is 0 Å². The molecule has 1 atom stereocenters. The van der Waals surface area contributed by atoms with Crippen molar-refractivity contribution in [2.24, 2.45) is 0 Å². The predicted octanol–water partition coefficient (Wildman–Crippen LogP) is 0.128. The van der Waals surface area contributed by atoms with Crippen molar-refractivity contribution in [2.45, 2.75) is 43.7 Å². The Bertz CT molecular complexity index is 290. The number of hydrogen-bond donors (Lipinski definition) is 2. The normalized spacial score (nSPS) is 28.8. The minimum absolute atomic E-state index is 0.0978. The van der Waals surface area contributed by atoms with Gasteiger partial charge < -0.3 is 15.2 Å². The first-order valence-corrected chi connectivity index (χ1v) is 6.89. The van der Waals surface area contributed by atoms with E-state index in [0.717, 1.165) is 25.8 Å². The fraction of sp³-hybridized carbons (Fsp3) is 0.923. The largest absolute Gasteiger partial charge is 0.388 e. The van der Waals surface area contributed by atoms with Gasteiger partial charge in [-0.2, -0.15) is 0 Å². The Morgan fingerprint density at radius 2 is 2.17 bits per heavy atom. The van der Waals surface area contributed by atoms with Gasteiger partial charge >= 0.3 is 0 Å². The zero-order valence-electron chi connectivity index (χ0n) is 11.2. The highest BCUT2D eigenvalue weighted by Crippen LogP contribution is 2.23. The molecule has 5 nitrogen and oxygen atoms in total. The van der Waals surface area contributed by atoms with Gasteiger partial charge in [-0.1, -0.05) is 0 Å². The van der Waals surface area contributed by atoms with Gasteiger partial charge in [0.2, 0.25) is 5.91 Å². The molecule has 0 aliphatic carbocycles. The number of carbonyl (C=O) groups is 1. The lowest BCUT2D eigenvalue weighted by Crippen LogP contribution is -2.52. The third-order valence-electron chi connectivity index (χ3n) is 4.01. The molecule has 2 N–H and O–H groups in total. The number of nitrogens with one attached hydrogen (secondary N) is 1. The van der Waals surface area contributed by atoms with Crippen LogP contribution in [0.2, 0.25) is 0 Å². The van der Waals surface area contributed by atoms with Crippen molar-refractivity contribution in [3.63, 3.8) is 0 Å². The van der Waals surface area contributed by atoms with Crippen LogP contribution in [0.15, 0.2) is 0 Å². The SMILES string of the molecule is CN(CC1(O)CCOCC1)C1CCCCNC1=O. The van der Waals surface area contributed by atoms with Crippen LogP contribution in [0.5, 0.6) is 0 Å². The summed E-state index contributed by atoms with van der Waals surface area (Å²) in [4.78, 5) is 13.9. The molecule has 2 heterocycles. The van der Waals surface area contributed by atoms with E-state index in [2.05, 4.69) is 5.32 Å². The van der Waals surface area contributed by atoms with Crippen molar-refractivity contribution < 1.29 is 14.6 Å². The number of nitrogens with zero attached hydrogens (tertiary/aromatic N) is 1. The minimum atomic E-state index is -0.695. The Morgan fingerprint density at radius 1 is 1.44 bits per heavy atom. The number of ether oxygens (including phenoxy) is 1. The van der Waals surface area contributed by atoms with Crippen LogP contribution in [0.25, 0.3) is 0 Å². The summed E-state index contributed by atoms with van der Waals surface area (Å²) in [6.07, 6.45) is 4.32. The Kier molecular flexibility index (Phi) is 4.59. The van der Waals surface area contributed by atoms with Gasteiger partial charge in [0.05, 0.1) is 11.6 Å². The summed E-state index contributed by atoms with van der Waals surface area (Å²) in [7, 11) is 1.93. The summed E-state index contributed by atoms with van der Waals surface area (Å²) in [6.45, 7) is 2.55. The number of likely N-dealkylation sites (N-methyl/N-ethyl adjacent to an activating group) is 1. The molecule has 0 spiro atoms. The number of rotatable bonds is 3. The highest BCUT2D eigenvalue weighted by Gasteiger charge is 2.34. The van der Waals surface area contributed by atoms with E-state index in [-0.39, 0.29) is 11.9 Å².